The predicted octanol–water partition coefficient (Wildman–Crippen LogP) is 2.33. The topological polar surface area (TPSA) is 182 Å². The van der Waals surface area contributed by atoms with Gasteiger partial charge in [-0.05, 0) is 64.0 Å². The van der Waals surface area contributed by atoms with Gasteiger partial charge in [-0.15, -0.1) is 0 Å². The highest BCUT2D eigenvalue weighted by Crippen LogP contribution is 2.46. The molecule has 14 nitrogen and oxygen atoms in total. The number of alkyl carbamates (subject to hydrolysis) is 1. The van der Waals surface area contributed by atoms with Crippen LogP contribution in [0.25, 0.3) is 10.8 Å². The largest absolute Gasteiger partial charge is 0.472 e. The molecule has 0 spiro atoms. The van der Waals surface area contributed by atoms with Crippen LogP contribution in [0.1, 0.15) is 59.3 Å². The van der Waals surface area contributed by atoms with E-state index in [-0.39, 0.29) is 32.4 Å². The zero-order chi connectivity index (χ0) is 35.0. The van der Waals surface area contributed by atoms with E-state index in [9.17, 15) is 27.6 Å². The van der Waals surface area contributed by atoms with E-state index in [1.807, 2.05) is 36.4 Å². The number of ether oxygens (including phenoxy) is 3. The number of pyridine rings is 1. The lowest BCUT2D eigenvalue weighted by Gasteiger charge is -2.30. The van der Waals surface area contributed by atoms with Crippen LogP contribution < -0.4 is 20.1 Å². The maximum Gasteiger partial charge on any atom is 0.408 e. The molecule has 2 aliphatic heterocycles. The molecule has 264 valence electrons. The number of carbonyl (C=O) groups excluding carboxylic acids is 4. The Kier molecular flexibility index (Phi) is 9.59. The SMILES string of the molecule is CC(C)(C)OC(=O)N[C@H]1CCOCC/C=C\C2C[C@@]2(C(=O)NS(=O)(=O)C2CC2)NC(=O)[C@@H]2CC(Oc3nccc4ccccc34)CN2C1=O. The summed E-state index contributed by atoms with van der Waals surface area (Å²) in [6, 6.07) is 7.17. The van der Waals surface area contributed by atoms with Gasteiger partial charge in [0.15, 0.2) is 0 Å². The lowest BCUT2D eigenvalue weighted by molar-refractivity contribution is -0.141. The summed E-state index contributed by atoms with van der Waals surface area (Å²) >= 11 is 0. The third-order valence-electron chi connectivity index (χ3n) is 9.07. The molecular formula is C34H43N5O9S. The van der Waals surface area contributed by atoms with Crippen molar-refractivity contribution in [2.75, 3.05) is 19.8 Å². The van der Waals surface area contributed by atoms with Crippen LogP contribution in [0.2, 0.25) is 0 Å². The average molecular weight is 698 g/mol. The number of fused-ring (bicyclic) bond motifs is 3. The van der Waals surface area contributed by atoms with E-state index in [1.165, 1.54) is 4.90 Å². The first-order valence-electron chi connectivity index (χ1n) is 16.7. The molecule has 3 heterocycles. The molecule has 4 amide bonds. The minimum atomic E-state index is -3.89. The zero-order valence-corrected chi connectivity index (χ0v) is 28.7. The lowest BCUT2D eigenvalue weighted by Crippen LogP contribution is -2.58. The van der Waals surface area contributed by atoms with Crippen LogP contribution in [-0.4, -0.2) is 96.5 Å². The Morgan fingerprint density at radius 3 is 2.63 bits per heavy atom. The molecule has 2 unspecified atom stereocenters. The van der Waals surface area contributed by atoms with Gasteiger partial charge in [0, 0.05) is 36.9 Å². The summed E-state index contributed by atoms with van der Waals surface area (Å²) in [5, 5.41) is 6.52. The number of hydrogen-bond acceptors (Lipinski definition) is 10. The summed E-state index contributed by atoms with van der Waals surface area (Å²) in [5.74, 6) is -2.13. The van der Waals surface area contributed by atoms with Crippen molar-refractivity contribution in [2.45, 2.75) is 93.9 Å². The fraction of sp³-hybridized carbons (Fsp3) is 0.559. The van der Waals surface area contributed by atoms with Crippen molar-refractivity contribution in [3.8, 4) is 5.88 Å². The van der Waals surface area contributed by atoms with Gasteiger partial charge in [0.05, 0.1) is 18.4 Å². The Morgan fingerprint density at radius 2 is 1.88 bits per heavy atom. The minimum Gasteiger partial charge on any atom is -0.472 e. The highest BCUT2D eigenvalue weighted by atomic mass is 32.2. The summed E-state index contributed by atoms with van der Waals surface area (Å²) in [4.78, 5) is 60.7. The Hall–Kier alpha value is -4.24. The Balaban J connectivity index is 1.30. The minimum absolute atomic E-state index is 0.0201. The summed E-state index contributed by atoms with van der Waals surface area (Å²) in [6.45, 7) is 5.54. The van der Waals surface area contributed by atoms with Gasteiger partial charge in [0.25, 0.3) is 5.91 Å². The molecule has 1 aromatic heterocycles. The van der Waals surface area contributed by atoms with Crippen molar-refractivity contribution in [1.29, 1.82) is 0 Å². The Morgan fingerprint density at radius 1 is 1.10 bits per heavy atom. The van der Waals surface area contributed by atoms with Crippen LogP contribution in [-0.2, 0) is 33.9 Å². The normalized spacial score (nSPS) is 28.6. The first kappa shape index (κ1) is 34.6. The first-order chi connectivity index (χ1) is 23.3. The number of nitrogens with one attached hydrogen (secondary N) is 3. The van der Waals surface area contributed by atoms with Gasteiger partial charge in [-0.25, -0.2) is 18.2 Å². The average Bonchev–Trinajstić information content (AvgIpc) is 3.96. The number of nitrogens with zero attached hydrogens (tertiary/aromatic N) is 2. The third kappa shape index (κ3) is 7.99. The van der Waals surface area contributed by atoms with Crippen LogP contribution in [0.3, 0.4) is 0 Å². The van der Waals surface area contributed by atoms with E-state index in [2.05, 4.69) is 20.3 Å². The van der Waals surface area contributed by atoms with Crippen LogP contribution in [0.4, 0.5) is 4.79 Å². The molecule has 15 heteroatoms. The van der Waals surface area contributed by atoms with Crippen LogP contribution in [0.15, 0.2) is 48.7 Å². The molecule has 0 radical (unpaired) electrons. The van der Waals surface area contributed by atoms with E-state index in [0.717, 1.165) is 10.8 Å². The number of aromatic nitrogens is 1. The number of hydrogen-bond donors (Lipinski definition) is 3. The fourth-order valence-electron chi connectivity index (χ4n) is 6.31. The molecule has 4 aliphatic rings. The summed E-state index contributed by atoms with van der Waals surface area (Å²) in [5.41, 5.74) is -2.34. The van der Waals surface area contributed by atoms with Gasteiger partial charge >= 0.3 is 6.09 Å². The van der Waals surface area contributed by atoms with E-state index < -0.39 is 74.3 Å². The fourth-order valence-corrected chi connectivity index (χ4v) is 7.67. The Bertz CT molecular complexity index is 1750. The van der Waals surface area contributed by atoms with Crippen molar-refractivity contribution in [3.05, 3.63) is 48.7 Å². The van der Waals surface area contributed by atoms with Gasteiger partial charge in [-0.3, -0.25) is 19.1 Å². The molecular weight excluding hydrogens is 654 g/mol. The lowest BCUT2D eigenvalue weighted by atomic mass is 10.1. The zero-order valence-electron chi connectivity index (χ0n) is 27.8. The summed E-state index contributed by atoms with van der Waals surface area (Å²) in [6.07, 6.45) is 5.52. The molecule has 3 fully saturated rings. The molecule has 1 saturated heterocycles. The third-order valence-corrected chi connectivity index (χ3v) is 10.9. The van der Waals surface area contributed by atoms with Gasteiger partial charge in [0.2, 0.25) is 27.7 Å². The van der Waals surface area contributed by atoms with Gasteiger partial charge < -0.3 is 29.7 Å². The van der Waals surface area contributed by atoms with Crippen LogP contribution in [0, 0.1) is 5.92 Å². The summed E-state index contributed by atoms with van der Waals surface area (Å²) in [7, 11) is -3.89. The molecule has 2 aliphatic carbocycles. The quantitative estimate of drug-likeness (QED) is 0.379. The second kappa shape index (κ2) is 13.6. The number of sulfonamides is 1. The molecule has 49 heavy (non-hydrogen) atoms. The molecule has 2 aromatic rings. The maximum absolute atomic E-state index is 14.3. The number of carbonyl (C=O) groups is 4. The van der Waals surface area contributed by atoms with Gasteiger partial charge in [-0.1, -0.05) is 30.4 Å². The van der Waals surface area contributed by atoms with Crippen molar-refractivity contribution < 1.29 is 41.8 Å². The monoisotopic (exact) mass is 697 g/mol. The van der Waals surface area contributed by atoms with Crippen molar-refractivity contribution in [2.24, 2.45) is 5.92 Å². The molecule has 1 aromatic carbocycles. The first-order valence-corrected chi connectivity index (χ1v) is 18.2. The Labute approximate surface area is 285 Å². The van der Waals surface area contributed by atoms with Crippen molar-refractivity contribution >= 4 is 44.6 Å². The molecule has 6 rings (SSSR count). The van der Waals surface area contributed by atoms with Crippen LogP contribution in [0.5, 0.6) is 5.88 Å². The number of benzene rings is 1. The van der Waals surface area contributed by atoms with Gasteiger partial charge in [0.1, 0.15) is 29.3 Å². The van der Waals surface area contributed by atoms with Crippen molar-refractivity contribution in [1.82, 2.24) is 25.2 Å². The molecule has 0 bridgehead atoms. The highest BCUT2D eigenvalue weighted by Gasteiger charge is 2.62. The maximum atomic E-state index is 14.3. The second-order valence-corrected chi connectivity index (χ2v) is 16.0. The van der Waals surface area contributed by atoms with Crippen molar-refractivity contribution in [3.63, 3.8) is 0 Å². The number of rotatable bonds is 6. The molecule has 2 saturated carbocycles. The standard InChI is InChI=1S/C34H43N5O9S/c1-33(2,3)48-32(43)36-26-14-17-46-16-7-6-9-22-19-34(22,31(42)38-49(44,45)24-11-12-24)37-28(40)27-18-23(20-39(27)30(26)41)47-29-25-10-5-4-8-21(25)13-15-35-29/h4-6,8-10,13,15,22-24,26-27H,7,11-12,14,16-20H2,1-3H3,(H,36,43)(H,37,40)(H,38,42)/b9-6-/t22?,23?,26-,27-,34+/m0/s1. The smallest absolute Gasteiger partial charge is 0.408 e. The van der Waals surface area contributed by atoms with E-state index in [4.69, 9.17) is 14.2 Å². The highest BCUT2D eigenvalue weighted by molar-refractivity contribution is 7.91. The second-order valence-electron chi connectivity index (χ2n) is 14.1. The predicted molar refractivity (Wildman–Crippen MR) is 178 cm³/mol. The number of amides is 4. The van der Waals surface area contributed by atoms with Crippen LogP contribution >= 0.6 is 0 Å². The molecule has 5 atom stereocenters. The molecule has 3 N–H and O–H groups in total. The summed E-state index contributed by atoms with van der Waals surface area (Å²) < 4.78 is 45.2. The van der Waals surface area contributed by atoms with E-state index in [0.29, 0.717) is 31.7 Å². The van der Waals surface area contributed by atoms with E-state index in [1.54, 1.807) is 33.0 Å². The van der Waals surface area contributed by atoms with E-state index >= 15 is 0 Å². The van der Waals surface area contributed by atoms with Gasteiger partial charge in [-0.2, -0.15) is 0 Å².